The summed E-state index contributed by atoms with van der Waals surface area (Å²) in [5.74, 6) is 0.335. The van der Waals surface area contributed by atoms with Gasteiger partial charge in [-0.2, -0.15) is 4.31 Å². The molecule has 0 aliphatic heterocycles. The lowest BCUT2D eigenvalue weighted by Gasteiger charge is -2.30. The highest BCUT2D eigenvalue weighted by Gasteiger charge is 2.29. The van der Waals surface area contributed by atoms with Gasteiger partial charge in [-0.05, 0) is 68.1 Å². The zero-order chi connectivity index (χ0) is 22.4. The van der Waals surface area contributed by atoms with E-state index in [4.69, 9.17) is 4.74 Å². The Hall–Kier alpha value is -2.38. The van der Waals surface area contributed by atoms with E-state index in [1.807, 2.05) is 24.3 Å². The van der Waals surface area contributed by atoms with Crippen LogP contribution < -0.4 is 10.1 Å². The number of nitrogens with one attached hydrogen (secondary N) is 1. The van der Waals surface area contributed by atoms with Crippen molar-refractivity contribution in [3.8, 4) is 5.75 Å². The first-order valence-corrected chi connectivity index (χ1v) is 12.4. The SMILES string of the molecule is CCc1ccc(OC(C)C(=O)Nc2ccc(S(=O)(=O)N(C)C3CCCCC3)cc2)cc1. The van der Waals surface area contributed by atoms with Crippen molar-refractivity contribution in [2.45, 2.75) is 69.4 Å². The molecule has 0 bridgehead atoms. The minimum absolute atomic E-state index is 0.0579. The maximum absolute atomic E-state index is 12.9. The van der Waals surface area contributed by atoms with Gasteiger partial charge in [-0.3, -0.25) is 4.79 Å². The number of anilines is 1. The molecule has 1 N–H and O–H groups in total. The highest BCUT2D eigenvalue weighted by Crippen LogP contribution is 2.27. The summed E-state index contributed by atoms with van der Waals surface area (Å²) in [4.78, 5) is 12.7. The maximum Gasteiger partial charge on any atom is 0.265 e. The Labute approximate surface area is 185 Å². The summed E-state index contributed by atoms with van der Waals surface area (Å²) in [5, 5.41) is 2.78. The largest absolute Gasteiger partial charge is 0.481 e. The number of nitrogens with zero attached hydrogens (tertiary/aromatic N) is 1. The van der Waals surface area contributed by atoms with E-state index < -0.39 is 16.1 Å². The van der Waals surface area contributed by atoms with Gasteiger partial charge in [0.25, 0.3) is 5.91 Å². The number of sulfonamides is 1. The number of carbonyl (C=O) groups is 1. The quantitative estimate of drug-likeness (QED) is 0.645. The summed E-state index contributed by atoms with van der Waals surface area (Å²) in [6.07, 6.45) is 5.38. The molecule has 2 aromatic carbocycles. The van der Waals surface area contributed by atoms with E-state index in [9.17, 15) is 13.2 Å². The third kappa shape index (κ3) is 5.86. The second-order valence-corrected chi connectivity index (χ2v) is 10.1. The van der Waals surface area contributed by atoms with Crippen molar-refractivity contribution in [3.05, 3.63) is 54.1 Å². The van der Waals surface area contributed by atoms with E-state index in [0.29, 0.717) is 11.4 Å². The zero-order valence-electron chi connectivity index (χ0n) is 18.5. The van der Waals surface area contributed by atoms with Crippen LogP contribution in [0.25, 0.3) is 0 Å². The number of aryl methyl sites for hydroxylation is 1. The normalized spacial score (nSPS) is 16.1. The number of hydrogen-bond acceptors (Lipinski definition) is 4. The number of rotatable bonds is 8. The molecule has 1 aliphatic rings. The summed E-state index contributed by atoms with van der Waals surface area (Å²) in [7, 11) is -1.89. The molecular formula is C24H32N2O4S. The lowest BCUT2D eigenvalue weighted by atomic mass is 9.96. The van der Waals surface area contributed by atoms with Crippen LogP contribution in [0.4, 0.5) is 5.69 Å². The topological polar surface area (TPSA) is 75.7 Å². The minimum Gasteiger partial charge on any atom is -0.481 e. The van der Waals surface area contributed by atoms with Gasteiger partial charge in [0, 0.05) is 18.8 Å². The predicted molar refractivity (Wildman–Crippen MR) is 123 cm³/mol. The zero-order valence-corrected chi connectivity index (χ0v) is 19.3. The Bertz CT molecular complexity index is 966. The molecule has 1 amide bonds. The predicted octanol–water partition coefficient (Wildman–Crippen LogP) is 4.61. The monoisotopic (exact) mass is 444 g/mol. The Morgan fingerprint density at radius 1 is 1.06 bits per heavy atom. The van der Waals surface area contributed by atoms with Crippen LogP contribution in [-0.2, 0) is 21.2 Å². The molecule has 0 spiro atoms. The molecule has 6 nitrogen and oxygen atoms in total. The van der Waals surface area contributed by atoms with Crippen LogP contribution >= 0.6 is 0 Å². The van der Waals surface area contributed by atoms with Crippen molar-refractivity contribution >= 4 is 21.6 Å². The van der Waals surface area contributed by atoms with Crippen molar-refractivity contribution in [3.63, 3.8) is 0 Å². The standard InChI is InChI=1S/C24H32N2O4S/c1-4-19-10-14-22(15-11-19)30-18(2)24(27)25-20-12-16-23(17-13-20)31(28,29)26(3)21-8-6-5-7-9-21/h10-18,21H,4-9H2,1-3H3,(H,25,27). The highest BCUT2D eigenvalue weighted by atomic mass is 32.2. The van der Waals surface area contributed by atoms with Gasteiger partial charge in [-0.1, -0.05) is 38.3 Å². The number of benzene rings is 2. The molecule has 3 rings (SSSR count). The first kappa shape index (κ1) is 23.3. The Balaban J connectivity index is 1.60. The second kappa shape index (κ2) is 10.3. The molecule has 0 saturated heterocycles. The smallest absolute Gasteiger partial charge is 0.265 e. The van der Waals surface area contributed by atoms with Gasteiger partial charge in [-0.25, -0.2) is 8.42 Å². The first-order chi connectivity index (χ1) is 14.8. The summed E-state index contributed by atoms with van der Waals surface area (Å²) >= 11 is 0. The van der Waals surface area contributed by atoms with E-state index >= 15 is 0 Å². The lowest BCUT2D eigenvalue weighted by Crippen LogP contribution is -2.38. The molecule has 31 heavy (non-hydrogen) atoms. The van der Waals surface area contributed by atoms with E-state index in [1.165, 1.54) is 16.3 Å². The van der Waals surface area contributed by atoms with E-state index in [-0.39, 0.29) is 16.8 Å². The molecule has 0 radical (unpaired) electrons. The van der Waals surface area contributed by atoms with Gasteiger partial charge in [0.05, 0.1) is 4.90 Å². The van der Waals surface area contributed by atoms with Crippen molar-refractivity contribution in [1.29, 1.82) is 0 Å². The fourth-order valence-electron chi connectivity index (χ4n) is 3.82. The molecule has 1 aliphatic carbocycles. The number of hydrogen-bond donors (Lipinski definition) is 1. The number of amides is 1. The van der Waals surface area contributed by atoms with Crippen molar-refractivity contribution in [2.24, 2.45) is 0 Å². The van der Waals surface area contributed by atoms with Crippen LogP contribution in [0.1, 0.15) is 51.5 Å². The van der Waals surface area contributed by atoms with Crippen LogP contribution in [0.3, 0.4) is 0 Å². The van der Waals surface area contributed by atoms with Gasteiger partial charge >= 0.3 is 0 Å². The molecule has 0 heterocycles. The van der Waals surface area contributed by atoms with Crippen LogP contribution in [0.15, 0.2) is 53.4 Å². The van der Waals surface area contributed by atoms with Gasteiger partial charge < -0.3 is 10.1 Å². The molecular weight excluding hydrogens is 412 g/mol. The highest BCUT2D eigenvalue weighted by molar-refractivity contribution is 7.89. The number of carbonyl (C=O) groups excluding carboxylic acids is 1. The van der Waals surface area contributed by atoms with Gasteiger partial charge in [0.15, 0.2) is 6.10 Å². The van der Waals surface area contributed by atoms with Crippen molar-refractivity contribution < 1.29 is 17.9 Å². The van der Waals surface area contributed by atoms with E-state index in [2.05, 4.69) is 12.2 Å². The fraction of sp³-hybridized carbons (Fsp3) is 0.458. The number of ether oxygens (including phenoxy) is 1. The summed E-state index contributed by atoms with van der Waals surface area (Å²) in [5.41, 5.74) is 1.73. The summed E-state index contributed by atoms with van der Waals surface area (Å²) < 4.78 is 33.1. The molecule has 2 aromatic rings. The van der Waals surface area contributed by atoms with Crippen LogP contribution in [0, 0.1) is 0 Å². The second-order valence-electron chi connectivity index (χ2n) is 8.08. The van der Waals surface area contributed by atoms with Gasteiger partial charge in [-0.15, -0.1) is 0 Å². The van der Waals surface area contributed by atoms with Gasteiger partial charge in [0.2, 0.25) is 10.0 Å². The average molecular weight is 445 g/mol. The summed E-state index contributed by atoms with van der Waals surface area (Å²) in [6.45, 7) is 3.76. The molecule has 1 unspecified atom stereocenters. The molecule has 1 saturated carbocycles. The van der Waals surface area contributed by atoms with Crippen LogP contribution in [0.2, 0.25) is 0 Å². The first-order valence-electron chi connectivity index (χ1n) is 11.0. The van der Waals surface area contributed by atoms with E-state index in [1.54, 1.807) is 38.2 Å². The Kier molecular flexibility index (Phi) is 7.73. The van der Waals surface area contributed by atoms with Crippen molar-refractivity contribution in [1.82, 2.24) is 4.31 Å². The van der Waals surface area contributed by atoms with Gasteiger partial charge in [0.1, 0.15) is 5.75 Å². The third-order valence-electron chi connectivity index (χ3n) is 5.90. The molecule has 1 fully saturated rings. The average Bonchev–Trinajstić information content (AvgIpc) is 2.80. The minimum atomic E-state index is -3.55. The Morgan fingerprint density at radius 3 is 2.26 bits per heavy atom. The molecule has 7 heteroatoms. The molecule has 0 aromatic heterocycles. The van der Waals surface area contributed by atoms with Crippen molar-refractivity contribution in [2.75, 3.05) is 12.4 Å². The van der Waals surface area contributed by atoms with Crippen LogP contribution in [0.5, 0.6) is 5.75 Å². The lowest BCUT2D eigenvalue weighted by molar-refractivity contribution is -0.122. The fourth-order valence-corrected chi connectivity index (χ4v) is 5.24. The maximum atomic E-state index is 12.9. The van der Waals surface area contributed by atoms with E-state index in [0.717, 1.165) is 32.1 Å². The molecule has 168 valence electrons. The molecule has 1 atom stereocenters. The summed E-state index contributed by atoms with van der Waals surface area (Å²) in [6, 6.07) is 14.0. The third-order valence-corrected chi connectivity index (χ3v) is 7.83. The Morgan fingerprint density at radius 2 is 1.68 bits per heavy atom. The van der Waals surface area contributed by atoms with Crippen LogP contribution in [-0.4, -0.2) is 37.8 Å².